The Balaban J connectivity index is 2.41. The maximum Gasteiger partial charge on any atom is 0.319 e. The zero-order valence-electron chi connectivity index (χ0n) is 10.2. The number of rotatable bonds is 5. The predicted octanol–water partition coefficient (Wildman–Crippen LogP) is 2.71. The third-order valence-electron chi connectivity index (χ3n) is 2.40. The Kier molecular flexibility index (Phi) is 5.57. The van der Waals surface area contributed by atoms with Gasteiger partial charge in [-0.05, 0) is 24.6 Å². The molecule has 0 aliphatic rings. The maximum absolute atomic E-state index is 13.0. The largest absolute Gasteiger partial charge is 0.481 e. The molecule has 104 valence electrons. The van der Waals surface area contributed by atoms with Crippen molar-refractivity contribution in [2.24, 2.45) is 5.92 Å². The zero-order chi connectivity index (χ0) is 14.4. The zero-order valence-corrected chi connectivity index (χ0v) is 11.0. The lowest BCUT2D eigenvalue weighted by Gasteiger charge is -2.09. The van der Waals surface area contributed by atoms with Gasteiger partial charge in [0.25, 0.3) is 0 Å². The van der Waals surface area contributed by atoms with Gasteiger partial charge >= 0.3 is 12.0 Å². The van der Waals surface area contributed by atoms with Crippen LogP contribution in [0, 0.1) is 11.7 Å². The molecule has 5 nitrogen and oxygen atoms in total. The number of urea groups is 1. The first-order valence-electron chi connectivity index (χ1n) is 5.62. The van der Waals surface area contributed by atoms with Crippen LogP contribution in [0.5, 0.6) is 0 Å². The van der Waals surface area contributed by atoms with E-state index in [-0.39, 0.29) is 17.3 Å². The van der Waals surface area contributed by atoms with Gasteiger partial charge in [-0.1, -0.05) is 18.5 Å². The lowest BCUT2D eigenvalue weighted by molar-refractivity contribution is -0.141. The van der Waals surface area contributed by atoms with E-state index in [0.29, 0.717) is 6.42 Å². The quantitative estimate of drug-likeness (QED) is 0.779. The third kappa shape index (κ3) is 5.56. The van der Waals surface area contributed by atoms with Gasteiger partial charge in [-0.25, -0.2) is 9.18 Å². The van der Waals surface area contributed by atoms with E-state index in [9.17, 15) is 14.0 Å². The van der Waals surface area contributed by atoms with Gasteiger partial charge < -0.3 is 15.7 Å². The van der Waals surface area contributed by atoms with Crippen LogP contribution in [0.1, 0.15) is 13.3 Å². The Morgan fingerprint density at radius 1 is 1.42 bits per heavy atom. The average Bonchev–Trinajstić information content (AvgIpc) is 2.26. The fourth-order valence-electron chi connectivity index (χ4n) is 1.33. The molecule has 0 spiro atoms. The molecule has 0 fully saturated rings. The van der Waals surface area contributed by atoms with Crippen LogP contribution in [0.15, 0.2) is 18.2 Å². The molecule has 0 saturated carbocycles. The highest BCUT2D eigenvalue weighted by molar-refractivity contribution is 6.30. The van der Waals surface area contributed by atoms with Crippen molar-refractivity contribution < 1.29 is 19.1 Å². The van der Waals surface area contributed by atoms with Gasteiger partial charge in [0.2, 0.25) is 0 Å². The average molecular weight is 289 g/mol. The lowest BCUT2D eigenvalue weighted by Crippen LogP contribution is -2.31. The molecule has 0 radical (unpaired) electrons. The standard InChI is InChI=1S/C12H14ClFN2O3/c1-7(11(17)18)2-3-15-12(19)16-10-5-8(13)4-9(14)6-10/h4-7H,2-3H2,1H3,(H,17,18)(H2,15,16,19). The van der Waals surface area contributed by atoms with Crippen molar-refractivity contribution in [3.63, 3.8) is 0 Å². The number of aliphatic carboxylic acids is 1. The molecule has 0 heterocycles. The van der Waals surface area contributed by atoms with Gasteiger partial charge in [0.05, 0.1) is 5.92 Å². The second kappa shape index (κ2) is 6.94. The summed E-state index contributed by atoms with van der Waals surface area (Å²) in [4.78, 5) is 22.0. The molecule has 1 unspecified atom stereocenters. The molecule has 0 bridgehead atoms. The molecule has 1 rings (SSSR count). The van der Waals surface area contributed by atoms with Crippen molar-refractivity contribution in [3.05, 3.63) is 29.0 Å². The highest BCUT2D eigenvalue weighted by Crippen LogP contribution is 2.17. The summed E-state index contributed by atoms with van der Waals surface area (Å²) in [7, 11) is 0. The number of hydrogen-bond acceptors (Lipinski definition) is 2. The van der Waals surface area contributed by atoms with Crippen molar-refractivity contribution in [2.45, 2.75) is 13.3 Å². The Hall–Kier alpha value is -1.82. The molecule has 1 atom stereocenters. The van der Waals surface area contributed by atoms with Gasteiger partial charge in [0.1, 0.15) is 5.82 Å². The van der Waals surface area contributed by atoms with Crippen LogP contribution < -0.4 is 10.6 Å². The number of amides is 2. The molecule has 0 aromatic heterocycles. The molecule has 1 aromatic rings. The second-order valence-corrected chi connectivity index (χ2v) is 4.50. The number of benzene rings is 1. The van der Waals surface area contributed by atoms with E-state index >= 15 is 0 Å². The highest BCUT2D eigenvalue weighted by Gasteiger charge is 2.11. The number of carbonyl (C=O) groups is 2. The van der Waals surface area contributed by atoms with Gasteiger partial charge in [-0.3, -0.25) is 4.79 Å². The number of halogens is 2. The fourth-order valence-corrected chi connectivity index (χ4v) is 1.55. The minimum atomic E-state index is -0.917. The summed E-state index contributed by atoms with van der Waals surface area (Å²) in [5.74, 6) is -2.01. The Morgan fingerprint density at radius 3 is 2.68 bits per heavy atom. The number of hydrogen-bond donors (Lipinski definition) is 3. The van der Waals surface area contributed by atoms with Gasteiger partial charge in [-0.2, -0.15) is 0 Å². The topological polar surface area (TPSA) is 78.4 Å². The van der Waals surface area contributed by atoms with E-state index < -0.39 is 23.7 Å². The van der Waals surface area contributed by atoms with Gasteiger partial charge in [0.15, 0.2) is 0 Å². The minimum Gasteiger partial charge on any atom is -0.481 e. The van der Waals surface area contributed by atoms with Crippen molar-refractivity contribution in [2.75, 3.05) is 11.9 Å². The monoisotopic (exact) mass is 288 g/mol. The van der Waals surface area contributed by atoms with E-state index in [1.807, 2.05) is 0 Å². The Morgan fingerprint density at radius 2 is 2.11 bits per heavy atom. The molecular weight excluding hydrogens is 275 g/mol. The molecule has 7 heteroatoms. The maximum atomic E-state index is 13.0. The van der Waals surface area contributed by atoms with Crippen LogP contribution in [0.4, 0.5) is 14.9 Å². The first-order chi connectivity index (χ1) is 8.88. The van der Waals surface area contributed by atoms with Crippen molar-refractivity contribution in [1.82, 2.24) is 5.32 Å². The van der Waals surface area contributed by atoms with Crippen molar-refractivity contribution in [1.29, 1.82) is 0 Å². The van der Waals surface area contributed by atoms with Crippen molar-refractivity contribution >= 4 is 29.3 Å². The van der Waals surface area contributed by atoms with Crippen LogP contribution in [-0.4, -0.2) is 23.7 Å². The number of nitrogens with one attached hydrogen (secondary N) is 2. The van der Waals surface area contributed by atoms with Crippen LogP contribution in [0.25, 0.3) is 0 Å². The molecule has 0 saturated heterocycles. The molecule has 1 aromatic carbocycles. The van der Waals surface area contributed by atoms with Crippen molar-refractivity contribution in [3.8, 4) is 0 Å². The van der Waals surface area contributed by atoms with E-state index in [1.165, 1.54) is 6.07 Å². The number of carboxylic acid groups (broad SMARTS) is 1. The molecule has 0 aliphatic carbocycles. The molecule has 0 aliphatic heterocycles. The van der Waals surface area contributed by atoms with Crippen LogP contribution in [0.3, 0.4) is 0 Å². The number of carbonyl (C=O) groups excluding carboxylic acids is 1. The van der Waals surface area contributed by atoms with Crippen LogP contribution in [0.2, 0.25) is 5.02 Å². The van der Waals surface area contributed by atoms with E-state index in [4.69, 9.17) is 16.7 Å². The smallest absolute Gasteiger partial charge is 0.319 e. The Bertz CT molecular complexity index is 462. The highest BCUT2D eigenvalue weighted by atomic mass is 35.5. The minimum absolute atomic E-state index is 0.176. The summed E-state index contributed by atoms with van der Waals surface area (Å²) >= 11 is 5.64. The first-order valence-corrected chi connectivity index (χ1v) is 6.00. The normalized spacial score (nSPS) is 11.7. The van der Waals surface area contributed by atoms with Crippen LogP contribution in [-0.2, 0) is 4.79 Å². The number of anilines is 1. The first kappa shape index (κ1) is 15.2. The summed E-state index contributed by atoms with van der Waals surface area (Å²) in [6.45, 7) is 1.76. The SMILES string of the molecule is CC(CCNC(=O)Nc1cc(F)cc(Cl)c1)C(=O)O. The molecule has 19 heavy (non-hydrogen) atoms. The number of carboxylic acids is 1. The van der Waals surface area contributed by atoms with E-state index in [0.717, 1.165) is 12.1 Å². The van der Waals surface area contributed by atoms with Gasteiger partial charge in [0, 0.05) is 17.3 Å². The van der Waals surface area contributed by atoms with E-state index in [2.05, 4.69) is 10.6 Å². The summed E-state index contributed by atoms with van der Waals surface area (Å²) < 4.78 is 13.0. The molecule has 3 N–H and O–H groups in total. The summed E-state index contributed by atoms with van der Waals surface area (Å²) in [5, 5.41) is 13.7. The third-order valence-corrected chi connectivity index (χ3v) is 2.62. The van der Waals surface area contributed by atoms with Gasteiger partial charge in [-0.15, -0.1) is 0 Å². The molecular formula is C12H14ClFN2O3. The summed E-state index contributed by atoms with van der Waals surface area (Å²) in [6, 6.07) is 3.12. The fraction of sp³-hybridized carbons (Fsp3) is 0.333. The van der Waals surface area contributed by atoms with Crippen LogP contribution >= 0.6 is 11.6 Å². The summed E-state index contributed by atoms with van der Waals surface area (Å²) in [5.41, 5.74) is 0.230. The molecule has 2 amide bonds. The second-order valence-electron chi connectivity index (χ2n) is 4.07. The Labute approximate surface area is 114 Å². The summed E-state index contributed by atoms with van der Waals surface area (Å²) in [6.07, 6.45) is 0.312. The van der Waals surface area contributed by atoms with E-state index in [1.54, 1.807) is 6.92 Å². The lowest BCUT2D eigenvalue weighted by atomic mass is 10.1. The predicted molar refractivity (Wildman–Crippen MR) is 69.8 cm³/mol.